The van der Waals surface area contributed by atoms with Gasteiger partial charge in [0.15, 0.2) is 0 Å². The molecule has 1 aromatic carbocycles. The van der Waals surface area contributed by atoms with Crippen molar-refractivity contribution in [1.29, 1.82) is 0 Å². The van der Waals surface area contributed by atoms with E-state index in [0.29, 0.717) is 26.2 Å². The monoisotopic (exact) mass is 322 g/mol. The molecular formula is C17H26N2O4. The van der Waals surface area contributed by atoms with Gasteiger partial charge in [-0.3, -0.25) is 9.59 Å². The zero-order valence-corrected chi connectivity index (χ0v) is 13.8. The van der Waals surface area contributed by atoms with Gasteiger partial charge in [0.25, 0.3) is 0 Å². The summed E-state index contributed by atoms with van der Waals surface area (Å²) in [6, 6.07) is 9.61. The topological polar surface area (TPSA) is 76.7 Å². The number of rotatable bonds is 11. The Morgan fingerprint density at radius 1 is 1.00 bits per heavy atom. The smallest absolute Gasteiger partial charge is 0.246 e. The van der Waals surface area contributed by atoms with Crippen molar-refractivity contribution in [1.82, 2.24) is 10.6 Å². The molecule has 1 rings (SSSR count). The van der Waals surface area contributed by atoms with E-state index in [9.17, 15) is 9.59 Å². The van der Waals surface area contributed by atoms with Crippen LogP contribution in [0.3, 0.4) is 0 Å². The van der Waals surface area contributed by atoms with Crippen molar-refractivity contribution in [2.75, 3.05) is 33.0 Å². The van der Waals surface area contributed by atoms with E-state index in [-0.39, 0.29) is 31.1 Å². The van der Waals surface area contributed by atoms with Gasteiger partial charge in [-0.15, -0.1) is 0 Å². The van der Waals surface area contributed by atoms with Crippen LogP contribution in [0.5, 0.6) is 0 Å². The van der Waals surface area contributed by atoms with E-state index in [1.807, 2.05) is 44.2 Å². The summed E-state index contributed by atoms with van der Waals surface area (Å²) in [6.07, 6.45) is 0.633. The van der Waals surface area contributed by atoms with Gasteiger partial charge in [-0.05, 0) is 25.8 Å². The highest BCUT2D eigenvalue weighted by Gasteiger charge is 2.14. The molecular weight excluding hydrogens is 296 g/mol. The molecule has 6 nitrogen and oxygen atoms in total. The SMILES string of the molecule is CCOCC(=O)NCC(Cc1ccccc1)NC(=O)COCC. The Morgan fingerprint density at radius 2 is 1.61 bits per heavy atom. The molecule has 0 aliphatic carbocycles. The molecule has 1 aromatic rings. The molecule has 0 bridgehead atoms. The maximum atomic E-state index is 11.8. The molecule has 0 aromatic heterocycles. The first-order valence-corrected chi connectivity index (χ1v) is 7.91. The number of carbonyl (C=O) groups excluding carboxylic acids is 2. The summed E-state index contributed by atoms with van der Waals surface area (Å²) in [5.41, 5.74) is 1.09. The van der Waals surface area contributed by atoms with Gasteiger partial charge in [0.2, 0.25) is 11.8 Å². The molecule has 6 heteroatoms. The van der Waals surface area contributed by atoms with Gasteiger partial charge in [0, 0.05) is 19.8 Å². The Bertz CT molecular complexity index is 465. The van der Waals surface area contributed by atoms with E-state index in [1.165, 1.54) is 0 Å². The third-order valence-electron chi connectivity index (χ3n) is 3.11. The maximum absolute atomic E-state index is 11.8. The number of amides is 2. The van der Waals surface area contributed by atoms with Crippen molar-refractivity contribution in [2.24, 2.45) is 0 Å². The number of nitrogens with one attached hydrogen (secondary N) is 2. The minimum Gasteiger partial charge on any atom is -0.372 e. The predicted octanol–water partition coefficient (Wildman–Crippen LogP) is 0.903. The Balaban J connectivity index is 2.53. The van der Waals surface area contributed by atoms with Crippen LogP contribution in [-0.4, -0.2) is 50.8 Å². The van der Waals surface area contributed by atoms with Crippen molar-refractivity contribution >= 4 is 11.8 Å². The normalized spacial score (nSPS) is 11.7. The van der Waals surface area contributed by atoms with Crippen LogP contribution in [0.25, 0.3) is 0 Å². The van der Waals surface area contributed by atoms with Crippen molar-refractivity contribution in [3.8, 4) is 0 Å². The van der Waals surface area contributed by atoms with Gasteiger partial charge in [-0.1, -0.05) is 30.3 Å². The highest BCUT2D eigenvalue weighted by Crippen LogP contribution is 2.03. The third kappa shape index (κ3) is 8.95. The lowest BCUT2D eigenvalue weighted by atomic mass is 10.1. The number of carbonyl (C=O) groups is 2. The second-order valence-corrected chi connectivity index (χ2v) is 5.03. The summed E-state index contributed by atoms with van der Waals surface area (Å²) in [7, 11) is 0. The maximum Gasteiger partial charge on any atom is 0.246 e. The molecule has 0 radical (unpaired) electrons. The minimum absolute atomic E-state index is 0.0225. The molecule has 2 amide bonds. The first-order valence-electron chi connectivity index (χ1n) is 7.91. The summed E-state index contributed by atoms with van der Waals surface area (Å²) >= 11 is 0. The van der Waals surface area contributed by atoms with Crippen molar-refractivity contribution in [2.45, 2.75) is 26.3 Å². The Labute approximate surface area is 137 Å². The van der Waals surface area contributed by atoms with Crippen molar-refractivity contribution in [3.05, 3.63) is 35.9 Å². The largest absolute Gasteiger partial charge is 0.372 e. The van der Waals surface area contributed by atoms with Crippen LogP contribution in [0.15, 0.2) is 30.3 Å². The lowest BCUT2D eigenvalue weighted by Crippen LogP contribution is -2.46. The molecule has 0 heterocycles. The fourth-order valence-electron chi connectivity index (χ4n) is 2.02. The van der Waals surface area contributed by atoms with Gasteiger partial charge in [0.05, 0.1) is 6.04 Å². The molecule has 2 N–H and O–H groups in total. The highest BCUT2D eigenvalue weighted by molar-refractivity contribution is 5.78. The van der Waals surface area contributed by atoms with Crippen LogP contribution in [0.4, 0.5) is 0 Å². The predicted molar refractivity (Wildman–Crippen MR) is 88.1 cm³/mol. The van der Waals surface area contributed by atoms with Crippen molar-refractivity contribution < 1.29 is 19.1 Å². The summed E-state index contributed by atoms with van der Waals surface area (Å²) in [6.45, 7) is 5.05. The minimum atomic E-state index is -0.198. The molecule has 0 saturated heterocycles. The van der Waals surface area contributed by atoms with Gasteiger partial charge < -0.3 is 20.1 Å². The van der Waals surface area contributed by atoms with E-state index < -0.39 is 0 Å². The fourth-order valence-corrected chi connectivity index (χ4v) is 2.02. The van der Waals surface area contributed by atoms with Crippen LogP contribution >= 0.6 is 0 Å². The average Bonchev–Trinajstić information content (AvgIpc) is 2.56. The first-order chi connectivity index (χ1) is 11.2. The van der Waals surface area contributed by atoms with Gasteiger partial charge in [0.1, 0.15) is 13.2 Å². The molecule has 0 aliphatic heterocycles. The first kappa shape index (κ1) is 19.1. The van der Waals surface area contributed by atoms with Crippen LogP contribution in [-0.2, 0) is 25.5 Å². The van der Waals surface area contributed by atoms with E-state index in [0.717, 1.165) is 5.56 Å². The van der Waals surface area contributed by atoms with E-state index in [2.05, 4.69) is 10.6 Å². The zero-order valence-electron chi connectivity index (χ0n) is 13.8. The summed E-state index contributed by atoms with van der Waals surface area (Å²) in [5, 5.41) is 5.67. The average molecular weight is 322 g/mol. The quantitative estimate of drug-likeness (QED) is 0.635. The van der Waals surface area contributed by atoms with Crippen molar-refractivity contribution in [3.63, 3.8) is 0 Å². The lowest BCUT2D eigenvalue weighted by Gasteiger charge is -2.19. The molecule has 0 fully saturated rings. The van der Waals surface area contributed by atoms with Gasteiger partial charge >= 0.3 is 0 Å². The number of ether oxygens (including phenoxy) is 2. The van der Waals surface area contributed by atoms with E-state index in [1.54, 1.807) is 0 Å². The summed E-state index contributed by atoms with van der Waals surface area (Å²) in [4.78, 5) is 23.5. The van der Waals surface area contributed by atoms with E-state index >= 15 is 0 Å². The van der Waals surface area contributed by atoms with Crippen LogP contribution < -0.4 is 10.6 Å². The van der Waals surface area contributed by atoms with Crippen LogP contribution in [0.1, 0.15) is 19.4 Å². The number of hydrogen-bond donors (Lipinski definition) is 2. The second-order valence-electron chi connectivity index (χ2n) is 5.03. The molecule has 0 spiro atoms. The highest BCUT2D eigenvalue weighted by atomic mass is 16.5. The number of hydrogen-bond acceptors (Lipinski definition) is 4. The van der Waals surface area contributed by atoms with Crippen LogP contribution in [0.2, 0.25) is 0 Å². The van der Waals surface area contributed by atoms with E-state index in [4.69, 9.17) is 9.47 Å². The van der Waals surface area contributed by atoms with Gasteiger partial charge in [-0.2, -0.15) is 0 Å². The molecule has 0 saturated carbocycles. The molecule has 23 heavy (non-hydrogen) atoms. The number of benzene rings is 1. The summed E-state index contributed by atoms with van der Waals surface area (Å²) < 4.78 is 10.2. The Morgan fingerprint density at radius 3 is 2.22 bits per heavy atom. The zero-order chi connectivity index (χ0) is 16.9. The van der Waals surface area contributed by atoms with Crippen LogP contribution in [0, 0.1) is 0 Å². The molecule has 128 valence electrons. The summed E-state index contributed by atoms with van der Waals surface area (Å²) in [5.74, 6) is -0.379. The third-order valence-corrected chi connectivity index (χ3v) is 3.11. The second kappa shape index (κ2) is 11.6. The van der Waals surface area contributed by atoms with Gasteiger partial charge in [-0.25, -0.2) is 0 Å². The Hall–Kier alpha value is -1.92. The fraction of sp³-hybridized carbons (Fsp3) is 0.529. The molecule has 1 atom stereocenters. The molecule has 0 aliphatic rings. The standard InChI is InChI=1S/C17H26N2O4/c1-3-22-12-16(20)18-11-15(19-17(21)13-23-4-2)10-14-8-6-5-7-9-14/h5-9,15H,3-4,10-13H2,1-2H3,(H,18,20)(H,19,21). The lowest BCUT2D eigenvalue weighted by molar-refractivity contribution is -0.128. The molecule has 1 unspecified atom stereocenters. The Kier molecular flexibility index (Phi) is 9.66.